The van der Waals surface area contributed by atoms with Gasteiger partial charge in [-0.25, -0.2) is 0 Å². The number of phenols is 1. The van der Waals surface area contributed by atoms with E-state index in [0.29, 0.717) is 17.7 Å². The molecule has 1 fully saturated rings. The van der Waals surface area contributed by atoms with E-state index < -0.39 is 0 Å². The quantitative estimate of drug-likeness (QED) is 0.900. The zero-order valence-corrected chi connectivity index (χ0v) is 14.3. The van der Waals surface area contributed by atoms with Crippen molar-refractivity contribution in [2.24, 2.45) is 5.92 Å². The Kier molecular flexibility index (Phi) is 6.54. The first-order valence-corrected chi connectivity index (χ1v) is 8.39. The van der Waals surface area contributed by atoms with Gasteiger partial charge in [0.2, 0.25) is 0 Å². The summed E-state index contributed by atoms with van der Waals surface area (Å²) in [5.41, 5.74) is 2.52. The molecule has 0 spiro atoms. The van der Waals surface area contributed by atoms with Crippen molar-refractivity contribution < 1.29 is 9.84 Å². The van der Waals surface area contributed by atoms with Crippen molar-refractivity contribution in [3.05, 3.63) is 29.3 Å². The molecule has 1 N–H and O–H groups in total. The van der Waals surface area contributed by atoms with Crippen LogP contribution in [0.5, 0.6) is 5.75 Å². The third kappa shape index (κ3) is 3.95. The highest BCUT2D eigenvalue weighted by Crippen LogP contribution is 2.31. The molecule has 0 amide bonds. The lowest BCUT2D eigenvalue weighted by Crippen LogP contribution is -2.42. The smallest absolute Gasteiger partial charge is 0.119 e. The monoisotopic (exact) mass is 325 g/mol. The van der Waals surface area contributed by atoms with Gasteiger partial charge >= 0.3 is 0 Å². The Bertz CT molecular complexity index is 474. The van der Waals surface area contributed by atoms with Crippen molar-refractivity contribution in [1.82, 2.24) is 4.90 Å². The molecule has 1 saturated heterocycles. The molecule has 1 heterocycles. The minimum absolute atomic E-state index is 0. The van der Waals surface area contributed by atoms with Crippen LogP contribution in [0.25, 0.3) is 0 Å². The fraction of sp³-hybridized carbons (Fsp3) is 0.667. The molecular formula is C18H28ClNO2. The summed E-state index contributed by atoms with van der Waals surface area (Å²) < 4.78 is 5.54. The highest BCUT2D eigenvalue weighted by atomic mass is 35.5. The lowest BCUT2D eigenvalue weighted by molar-refractivity contribution is 0.134. The minimum Gasteiger partial charge on any atom is -0.508 e. The van der Waals surface area contributed by atoms with Crippen LogP contribution >= 0.6 is 12.4 Å². The third-order valence-electron chi connectivity index (χ3n) is 4.98. The molecule has 3 nitrogen and oxygen atoms in total. The van der Waals surface area contributed by atoms with Crippen LogP contribution in [0.2, 0.25) is 0 Å². The van der Waals surface area contributed by atoms with Gasteiger partial charge in [0.1, 0.15) is 5.75 Å². The molecule has 2 unspecified atom stereocenters. The van der Waals surface area contributed by atoms with E-state index in [-0.39, 0.29) is 12.4 Å². The lowest BCUT2D eigenvalue weighted by Gasteiger charge is -2.36. The SMILES string of the molecule is CCCN(CC1CCOC1)C1CCc2c(O)cccc2C1.Cl. The van der Waals surface area contributed by atoms with Gasteiger partial charge in [0.15, 0.2) is 0 Å². The molecule has 0 saturated carbocycles. The first kappa shape index (κ1) is 17.6. The van der Waals surface area contributed by atoms with Crippen molar-refractivity contribution in [1.29, 1.82) is 0 Å². The second-order valence-electron chi connectivity index (χ2n) is 6.54. The Morgan fingerprint density at radius 3 is 2.91 bits per heavy atom. The van der Waals surface area contributed by atoms with Crippen molar-refractivity contribution >= 4 is 12.4 Å². The number of aromatic hydroxyl groups is 1. The number of hydrogen-bond donors (Lipinski definition) is 1. The van der Waals surface area contributed by atoms with Gasteiger partial charge in [0.05, 0.1) is 6.61 Å². The Labute approximate surface area is 140 Å². The molecule has 0 radical (unpaired) electrons. The molecule has 4 heteroatoms. The van der Waals surface area contributed by atoms with Crippen LogP contribution in [0.4, 0.5) is 0 Å². The lowest BCUT2D eigenvalue weighted by atomic mass is 9.86. The maximum atomic E-state index is 9.98. The molecule has 0 bridgehead atoms. The highest BCUT2D eigenvalue weighted by molar-refractivity contribution is 5.85. The van der Waals surface area contributed by atoms with Crippen molar-refractivity contribution in [3.8, 4) is 5.75 Å². The second kappa shape index (κ2) is 8.19. The van der Waals surface area contributed by atoms with E-state index in [1.165, 1.54) is 37.1 Å². The Balaban J connectivity index is 0.00000176. The topological polar surface area (TPSA) is 32.7 Å². The molecule has 1 aliphatic carbocycles. The van der Waals surface area contributed by atoms with Crippen LogP contribution in [0.1, 0.15) is 37.3 Å². The summed E-state index contributed by atoms with van der Waals surface area (Å²) in [5, 5.41) is 9.98. The van der Waals surface area contributed by atoms with Crippen molar-refractivity contribution in [3.63, 3.8) is 0 Å². The van der Waals surface area contributed by atoms with Crippen LogP contribution in [0.15, 0.2) is 18.2 Å². The first-order valence-electron chi connectivity index (χ1n) is 8.39. The van der Waals surface area contributed by atoms with Gasteiger partial charge in [-0.1, -0.05) is 19.1 Å². The molecule has 2 aliphatic rings. The predicted molar refractivity (Wildman–Crippen MR) is 92.0 cm³/mol. The Hall–Kier alpha value is -0.770. The van der Waals surface area contributed by atoms with Gasteiger partial charge in [-0.2, -0.15) is 0 Å². The van der Waals surface area contributed by atoms with E-state index in [9.17, 15) is 5.11 Å². The van der Waals surface area contributed by atoms with E-state index in [1.807, 2.05) is 12.1 Å². The number of fused-ring (bicyclic) bond motifs is 1. The molecule has 1 aromatic rings. The maximum absolute atomic E-state index is 9.98. The molecule has 3 rings (SSSR count). The third-order valence-corrected chi connectivity index (χ3v) is 4.98. The number of phenolic OH excluding ortho intramolecular Hbond substituents is 1. The Morgan fingerprint density at radius 2 is 2.18 bits per heavy atom. The number of halogens is 1. The van der Waals surface area contributed by atoms with Crippen molar-refractivity contribution in [2.45, 2.75) is 45.1 Å². The van der Waals surface area contributed by atoms with Gasteiger partial charge in [0.25, 0.3) is 0 Å². The summed E-state index contributed by atoms with van der Waals surface area (Å²) >= 11 is 0. The molecule has 2 atom stereocenters. The Morgan fingerprint density at radius 1 is 1.32 bits per heavy atom. The molecule has 1 aromatic carbocycles. The molecule has 1 aliphatic heterocycles. The van der Waals surface area contributed by atoms with Crippen LogP contribution in [0.3, 0.4) is 0 Å². The summed E-state index contributed by atoms with van der Waals surface area (Å²) in [6.45, 7) is 6.49. The molecule has 22 heavy (non-hydrogen) atoms. The summed E-state index contributed by atoms with van der Waals surface area (Å²) in [6, 6.07) is 6.61. The highest BCUT2D eigenvalue weighted by Gasteiger charge is 2.28. The fourth-order valence-corrected chi connectivity index (χ4v) is 3.85. The minimum atomic E-state index is 0. The van der Waals surface area contributed by atoms with Crippen LogP contribution in [0, 0.1) is 5.92 Å². The normalized spacial score (nSPS) is 24.1. The van der Waals surface area contributed by atoms with Crippen molar-refractivity contribution in [2.75, 3.05) is 26.3 Å². The predicted octanol–water partition coefficient (Wildman–Crippen LogP) is 3.42. The van der Waals surface area contributed by atoms with Gasteiger partial charge in [-0.15, -0.1) is 12.4 Å². The van der Waals surface area contributed by atoms with Crippen LogP contribution in [-0.2, 0) is 17.6 Å². The summed E-state index contributed by atoms with van der Waals surface area (Å²) in [4.78, 5) is 2.67. The van der Waals surface area contributed by atoms with Gasteiger partial charge in [-0.3, -0.25) is 4.90 Å². The standard InChI is InChI=1S/C18H27NO2.ClH/c1-2-9-19(12-14-8-10-21-13-14)16-6-7-17-15(11-16)4-3-5-18(17)20;/h3-5,14,16,20H,2,6-13H2,1H3;1H. The average Bonchev–Trinajstić information content (AvgIpc) is 3.00. The fourth-order valence-electron chi connectivity index (χ4n) is 3.85. The molecular weight excluding hydrogens is 298 g/mol. The van der Waals surface area contributed by atoms with Gasteiger partial charge in [-0.05, 0) is 61.8 Å². The zero-order valence-electron chi connectivity index (χ0n) is 13.5. The summed E-state index contributed by atoms with van der Waals surface area (Å²) in [6.07, 6.45) is 5.67. The maximum Gasteiger partial charge on any atom is 0.119 e. The van der Waals surface area contributed by atoms with E-state index in [1.54, 1.807) is 0 Å². The number of nitrogens with zero attached hydrogens (tertiary/aromatic N) is 1. The van der Waals surface area contributed by atoms with E-state index in [4.69, 9.17) is 4.74 Å². The van der Waals surface area contributed by atoms with Crippen LogP contribution < -0.4 is 0 Å². The van der Waals surface area contributed by atoms with Gasteiger partial charge in [0, 0.05) is 19.2 Å². The van der Waals surface area contributed by atoms with Crippen LogP contribution in [-0.4, -0.2) is 42.4 Å². The van der Waals surface area contributed by atoms with E-state index >= 15 is 0 Å². The summed E-state index contributed by atoms with van der Waals surface area (Å²) in [7, 11) is 0. The number of benzene rings is 1. The zero-order chi connectivity index (χ0) is 14.7. The number of hydrogen-bond acceptors (Lipinski definition) is 3. The largest absolute Gasteiger partial charge is 0.508 e. The average molecular weight is 326 g/mol. The number of rotatable bonds is 5. The summed E-state index contributed by atoms with van der Waals surface area (Å²) in [5.74, 6) is 1.19. The van der Waals surface area contributed by atoms with Gasteiger partial charge < -0.3 is 9.84 Å². The molecule has 124 valence electrons. The first-order chi connectivity index (χ1) is 10.3. The molecule has 0 aromatic heterocycles. The van der Waals surface area contributed by atoms with E-state index in [2.05, 4.69) is 17.9 Å². The second-order valence-corrected chi connectivity index (χ2v) is 6.54. The van der Waals surface area contributed by atoms with E-state index in [0.717, 1.165) is 32.5 Å². The number of ether oxygens (including phenoxy) is 1.